The molecule has 0 radical (unpaired) electrons. The minimum Gasteiger partial charge on any atom is -0.341 e. The highest BCUT2D eigenvalue weighted by Crippen LogP contribution is 2.13. The molecule has 0 unspecified atom stereocenters. The molecule has 18 heavy (non-hydrogen) atoms. The molecular formula is C12H17ClN3O2+. The largest absolute Gasteiger partial charge is 0.341 e. The average molecular weight is 271 g/mol. The predicted molar refractivity (Wildman–Crippen MR) is 69.3 cm³/mol. The monoisotopic (exact) mass is 270 g/mol. The van der Waals surface area contributed by atoms with Crippen molar-refractivity contribution >= 4 is 23.5 Å². The lowest BCUT2D eigenvalue weighted by Gasteiger charge is -2.10. The van der Waals surface area contributed by atoms with Crippen molar-refractivity contribution in [1.29, 1.82) is 0 Å². The normalized spacial score (nSPS) is 11.7. The molecule has 0 bridgehead atoms. The van der Waals surface area contributed by atoms with Crippen LogP contribution in [0.15, 0.2) is 24.3 Å². The fourth-order valence-electron chi connectivity index (χ4n) is 1.43. The first-order valence-electron chi connectivity index (χ1n) is 5.63. The molecule has 0 fully saturated rings. The molecule has 0 aliphatic carbocycles. The molecule has 3 amide bonds. The number of nitrogens with two attached hydrogens (primary N) is 1. The summed E-state index contributed by atoms with van der Waals surface area (Å²) >= 11 is 5.80. The zero-order valence-electron chi connectivity index (χ0n) is 10.4. The molecule has 1 aromatic rings. The minimum absolute atomic E-state index is 0.123. The molecule has 0 spiro atoms. The fourth-order valence-corrected chi connectivity index (χ4v) is 1.55. The van der Waals surface area contributed by atoms with Crippen molar-refractivity contribution < 1.29 is 14.9 Å². The first kappa shape index (κ1) is 14.5. The van der Waals surface area contributed by atoms with E-state index in [1.807, 2.05) is 36.5 Å². The van der Waals surface area contributed by atoms with Crippen LogP contribution in [0.25, 0.3) is 0 Å². The zero-order valence-corrected chi connectivity index (χ0v) is 11.1. The maximum absolute atomic E-state index is 11.4. The van der Waals surface area contributed by atoms with Gasteiger partial charge in [-0.05, 0) is 19.1 Å². The summed E-state index contributed by atoms with van der Waals surface area (Å²) in [6.07, 6.45) is 0. The van der Waals surface area contributed by atoms with Gasteiger partial charge in [-0.2, -0.15) is 0 Å². The molecule has 0 aliphatic rings. The number of imide groups is 1. The van der Waals surface area contributed by atoms with Gasteiger partial charge in [0.05, 0.1) is 0 Å². The van der Waals surface area contributed by atoms with Crippen molar-refractivity contribution in [2.24, 2.45) is 0 Å². The van der Waals surface area contributed by atoms with Crippen LogP contribution >= 0.6 is 11.6 Å². The molecule has 1 rings (SSSR count). The van der Waals surface area contributed by atoms with Crippen LogP contribution in [-0.4, -0.2) is 25.5 Å². The Labute approximate surface area is 111 Å². The number of benzene rings is 1. The van der Waals surface area contributed by atoms with Gasteiger partial charge in [-0.15, -0.1) is 0 Å². The Morgan fingerprint density at radius 2 is 1.94 bits per heavy atom. The predicted octanol–water partition coefficient (Wildman–Crippen LogP) is 0.420. The molecule has 0 aliphatic heterocycles. The molecular weight excluding hydrogens is 254 g/mol. The summed E-state index contributed by atoms with van der Waals surface area (Å²) in [6, 6.07) is 7.09. The van der Waals surface area contributed by atoms with E-state index < -0.39 is 6.03 Å². The maximum Gasteiger partial charge on any atom is 0.321 e. The second kappa shape index (κ2) is 6.98. The van der Waals surface area contributed by atoms with Crippen molar-refractivity contribution in [3.05, 3.63) is 34.9 Å². The van der Waals surface area contributed by atoms with E-state index in [4.69, 9.17) is 11.6 Å². The van der Waals surface area contributed by atoms with Gasteiger partial charge in [0, 0.05) is 17.6 Å². The number of hydrogen-bond donors (Lipinski definition) is 3. The second-order valence-corrected chi connectivity index (χ2v) is 4.34. The van der Waals surface area contributed by atoms with Crippen molar-refractivity contribution in [3.8, 4) is 0 Å². The molecule has 98 valence electrons. The minimum atomic E-state index is -0.493. The summed E-state index contributed by atoms with van der Waals surface area (Å²) in [4.78, 5) is 22.3. The van der Waals surface area contributed by atoms with Crippen LogP contribution in [0.5, 0.6) is 0 Å². The average Bonchev–Trinajstić information content (AvgIpc) is 2.36. The highest BCUT2D eigenvalue weighted by Gasteiger charge is 2.12. The van der Waals surface area contributed by atoms with Gasteiger partial charge in [0.1, 0.15) is 6.04 Å². The quantitative estimate of drug-likeness (QED) is 0.742. The second-order valence-electron chi connectivity index (χ2n) is 3.91. The Bertz CT molecular complexity index is 420. The molecule has 1 aromatic carbocycles. The summed E-state index contributed by atoms with van der Waals surface area (Å²) in [6.45, 7) is 2.17. The SMILES string of the molecule is CNC(=O)NC(=O)C[NH2+][C@@H](C)c1ccc(Cl)cc1. The Morgan fingerprint density at radius 1 is 1.33 bits per heavy atom. The lowest BCUT2D eigenvalue weighted by atomic mass is 10.1. The molecule has 0 heterocycles. The summed E-state index contributed by atoms with van der Waals surface area (Å²) in [7, 11) is 1.46. The van der Waals surface area contributed by atoms with Gasteiger partial charge in [0.2, 0.25) is 0 Å². The molecule has 0 aromatic heterocycles. The van der Waals surface area contributed by atoms with E-state index in [9.17, 15) is 9.59 Å². The van der Waals surface area contributed by atoms with Crippen molar-refractivity contribution in [2.45, 2.75) is 13.0 Å². The van der Waals surface area contributed by atoms with E-state index in [1.54, 1.807) is 0 Å². The summed E-state index contributed by atoms with van der Waals surface area (Å²) < 4.78 is 0. The first-order chi connectivity index (χ1) is 8.52. The number of urea groups is 1. The van der Waals surface area contributed by atoms with Gasteiger partial charge in [-0.3, -0.25) is 10.1 Å². The van der Waals surface area contributed by atoms with E-state index in [-0.39, 0.29) is 18.5 Å². The lowest BCUT2D eigenvalue weighted by molar-refractivity contribution is -0.682. The number of halogens is 1. The standard InChI is InChI=1S/C12H16ClN3O2/c1-8(9-3-5-10(13)6-4-9)15-7-11(17)16-12(18)14-2/h3-6,8,15H,7H2,1-2H3,(H2,14,16,17,18)/p+1/t8-/m0/s1. The van der Waals surface area contributed by atoms with Crippen LogP contribution in [0.4, 0.5) is 4.79 Å². The number of carbonyl (C=O) groups excluding carboxylic acids is 2. The highest BCUT2D eigenvalue weighted by molar-refractivity contribution is 6.30. The Morgan fingerprint density at radius 3 is 2.50 bits per heavy atom. The van der Waals surface area contributed by atoms with Crippen LogP contribution in [0.1, 0.15) is 18.5 Å². The van der Waals surface area contributed by atoms with E-state index in [2.05, 4.69) is 10.6 Å². The maximum atomic E-state index is 11.4. The number of amides is 3. The fraction of sp³-hybridized carbons (Fsp3) is 0.333. The van der Waals surface area contributed by atoms with Gasteiger partial charge >= 0.3 is 6.03 Å². The van der Waals surface area contributed by atoms with Crippen LogP contribution in [0, 0.1) is 0 Å². The van der Waals surface area contributed by atoms with Crippen LogP contribution in [0.2, 0.25) is 5.02 Å². The number of hydrogen-bond acceptors (Lipinski definition) is 2. The number of nitrogens with one attached hydrogen (secondary N) is 2. The first-order valence-corrected chi connectivity index (χ1v) is 6.01. The Balaban J connectivity index is 2.41. The van der Waals surface area contributed by atoms with E-state index >= 15 is 0 Å². The third kappa shape index (κ3) is 4.73. The van der Waals surface area contributed by atoms with Gasteiger partial charge < -0.3 is 10.6 Å². The third-order valence-corrected chi connectivity index (χ3v) is 2.78. The third-order valence-electron chi connectivity index (χ3n) is 2.53. The van der Waals surface area contributed by atoms with Crippen LogP contribution < -0.4 is 16.0 Å². The molecule has 0 saturated heterocycles. The van der Waals surface area contributed by atoms with Crippen molar-refractivity contribution in [1.82, 2.24) is 10.6 Å². The van der Waals surface area contributed by atoms with E-state index in [0.29, 0.717) is 5.02 Å². The van der Waals surface area contributed by atoms with E-state index in [1.165, 1.54) is 7.05 Å². The van der Waals surface area contributed by atoms with E-state index in [0.717, 1.165) is 5.56 Å². The molecule has 6 heteroatoms. The summed E-state index contributed by atoms with van der Waals surface area (Å²) in [5.74, 6) is -0.324. The summed E-state index contributed by atoms with van der Waals surface area (Å²) in [5.41, 5.74) is 1.08. The number of quaternary nitrogens is 1. The molecule has 1 atom stereocenters. The smallest absolute Gasteiger partial charge is 0.321 e. The van der Waals surface area contributed by atoms with Gasteiger partial charge in [-0.1, -0.05) is 23.7 Å². The topological polar surface area (TPSA) is 74.8 Å². The van der Waals surface area contributed by atoms with Gasteiger partial charge in [-0.25, -0.2) is 4.79 Å². The number of carbonyl (C=O) groups is 2. The van der Waals surface area contributed by atoms with Crippen molar-refractivity contribution in [2.75, 3.05) is 13.6 Å². The molecule has 5 nitrogen and oxygen atoms in total. The highest BCUT2D eigenvalue weighted by atomic mass is 35.5. The Hall–Kier alpha value is -1.59. The van der Waals surface area contributed by atoms with Crippen LogP contribution in [-0.2, 0) is 4.79 Å². The summed E-state index contributed by atoms with van der Waals surface area (Å²) in [5, 5.41) is 7.06. The number of rotatable bonds is 4. The van der Waals surface area contributed by atoms with Crippen molar-refractivity contribution in [3.63, 3.8) is 0 Å². The van der Waals surface area contributed by atoms with Gasteiger partial charge in [0.15, 0.2) is 6.54 Å². The zero-order chi connectivity index (χ0) is 13.5. The van der Waals surface area contributed by atoms with Gasteiger partial charge in [0.25, 0.3) is 5.91 Å². The lowest BCUT2D eigenvalue weighted by Crippen LogP contribution is -2.87. The molecule has 0 saturated carbocycles. The Kier molecular flexibility index (Phi) is 5.61. The molecule has 4 N–H and O–H groups in total. The van der Waals surface area contributed by atoms with Crippen LogP contribution in [0.3, 0.4) is 0 Å².